The standard InChI is InChI=1S/C36H28O8S5/c37-45(38,29-13-5-1-6-14-29)31-21-25-33(26-22-31)47(48(41,42)35-17-9-3-10-18-35,49(43,44)36-19-11-4-12-20-36)34-27-23-32(24-28-34)46(39,40)30-15-7-2-8-16-30/h1-28H. The highest BCUT2D eigenvalue weighted by molar-refractivity contribution is 9.20. The largest absolute Gasteiger partial charge is 0.233 e. The molecule has 0 unspecified atom stereocenters. The van der Waals surface area contributed by atoms with E-state index in [1.807, 2.05) is 0 Å². The smallest absolute Gasteiger partial charge is 0.219 e. The van der Waals surface area contributed by atoms with Gasteiger partial charge in [0.15, 0.2) is 0 Å². The Bertz CT molecular complexity index is 2360. The second kappa shape index (κ2) is 13.1. The van der Waals surface area contributed by atoms with Crippen LogP contribution in [0, 0.1) is 0 Å². The van der Waals surface area contributed by atoms with Crippen molar-refractivity contribution in [3.63, 3.8) is 0 Å². The molecule has 0 heterocycles. The fourth-order valence-corrected chi connectivity index (χ4v) is 22.8. The average Bonchev–Trinajstić information content (AvgIpc) is 3.13. The van der Waals surface area contributed by atoms with Crippen LogP contribution in [0.3, 0.4) is 0 Å². The molecule has 0 saturated carbocycles. The van der Waals surface area contributed by atoms with Crippen molar-refractivity contribution in [1.82, 2.24) is 0 Å². The topological polar surface area (TPSA) is 137 Å². The number of sulfone groups is 2. The maximum atomic E-state index is 15.1. The normalized spacial score (nSPS) is 13.1. The molecule has 49 heavy (non-hydrogen) atoms. The fourth-order valence-electron chi connectivity index (χ4n) is 5.27. The van der Waals surface area contributed by atoms with Crippen LogP contribution in [0.4, 0.5) is 0 Å². The molecule has 0 spiro atoms. The van der Waals surface area contributed by atoms with Crippen molar-refractivity contribution in [3.8, 4) is 0 Å². The highest BCUT2D eigenvalue weighted by Crippen LogP contribution is 2.74. The minimum absolute atomic E-state index is 0.00499. The number of hydrogen-bond acceptors (Lipinski definition) is 8. The monoisotopic (exact) mass is 748 g/mol. The van der Waals surface area contributed by atoms with Crippen LogP contribution in [0.25, 0.3) is 0 Å². The minimum atomic E-state index is -4.88. The lowest BCUT2D eigenvalue weighted by Gasteiger charge is -2.39. The summed E-state index contributed by atoms with van der Waals surface area (Å²) in [5.41, 5.74) is 0. The van der Waals surface area contributed by atoms with Crippen molar-refractivity contribution in [2.45, 2.75) is 39.2 Å². The molecule has 0 aromatic heterocycles. The summed E-state index contributed by atoms with van der Waals surface area (Å²) in [6.07, 6.45) is 0. The molecule has 250 valence electrons. The van der Waals surface area contributed by atoms with Gasteiger partial charge in [-0.2, -0.15) is 0 Å². The second-order valence-electron chi connectivity index (χ2n) is 10.6. The van der Waals surface area contributed by atoms with Crippen molar-refractivity contribution < 1.29 is 33.7 Å². The molecular formula is C36H28O8S5. The molecule has 8 nitrogen and oxygen atoms in total. The van der Waals surface area contributed by atoms with Crippen LogP contribution < -0.4 is 0 Å². The van der Waals surface area contributed by atoms with Gasteiger partial charge in [-0.15, -0.1) is 0 Å². The fraction of sp³-hybridized carbons (Fsp3) is 0. The summed E-state index contributed by atoms with van der Waals surface area (Å²) >= 11 is 0. The van der Waals surface area contributed by atoms with Gasteiger partial charge in [0.25, 0.3) is 0 Å². The van der Waals surface area contributed by atoms with E-state index in [9.17, 15) is 16.8 Å². The molecule has 0 bridgehead atoms. The molecule has 6 aromatic rings. The lowest BCUT2D eigenvalue weighted by atomic mass is 10.4. The molecule has 6 aromatic carbocycles. The summed E-state index contributed by atoms with van der Waals surface area (Å²) < 4.78 is 114. The molecule has 13 heteroatoms. The summed E-state index contributed by atoms with van der Waals surface area (Å²) in [6.45, 7) is 0. The van der Waals surface area contributed by atoms with Gasteiger partial charge in [-0.3, -0.25) is 0 Å². The molecule has 0 aliphatic carbocycles. The van der Waals surface area contributed by atoms with E-state index in [0.29, 0.717) is 0 Å². The molecule has 0 aliphatic rings. The highest BCUT2D eigenvalue weighted by atomic mass is 33.6. The summed E-state index contributed by atoms with van der Waals surface area (Å²) in [5, 5.41) is 0. The lowest BCUT2D eigenvalue weighted by molar-refractivity contribution is 0.594. The van der Waals surface area contributed by atoms with Gasteiger partial charge in [-0.1, -0.05) is 72.8 Å². The van der Waals surface area contributed by atoms with Crippen LogP contribution in [-0.4, -0.2) is 33.7 Å². The molecular weight excluding hydrogens is 721 g/mol. The van der Waals surface area contributed by atoms with Crippen molar-refractivity contribution in [1.29, 1.82) is 0 Å². The van der Waals surface area contributed by atoms with E-state index < -0.39 is 45.5 Å². The molecule has 0 aliphatic heterocycles. The summed E-state index contributed by atoms with van der Waals surface area (Å²) in [6, 6.07) is 39.1. The SMILES string of the molecule is O=S(=O)(c1ccccc1)c1ccc(S(c2ccc(S(=O)(=O)c3ccccc3)cc2)(S(=O)(=O)c2ccccc2)S(=O)(=O)c2ccccc2)cc1. The summed E-state index contributed by atoms with van der Waals surface area (Å²) in [7, 11) is -22.2. The Kier molecular flexibility index (Phi) is 9.15. The van der Waals surface area contributed by atoms with E-state index in [0.717, 1.165) is 0 Å². The zero-order valence-electron chi connectivity index (χ0n) is 25.5. The maximum Gasteiger partial charge on any atom is 0.233 e. The van der Waals surface area contributed by atoms with Crippen molar-refractivity contribution in [2.75, 3.05) is 0 Å². The first-order valence-electron chi connectivity index (χ1n) is 14.6. The van der Waals surface area contributed by atoms with Gasteiger partial charge in [0.1, 0.15) is 0 Å². The molecule has 0 saturated heterocycles. The Hall–Kier alpha value is -4.53. The van der Waals surface area contributed by atoms with Crippen LogP contribution in [0.1, 0.15) is 0 Å². The van der Waals surface area contributed by atoms with Crippen LogP contribution in [-0.2, 0) is 37.4 Å². The molecule has 6 rings (SSSR count). The van der Waals surface area contributed by atoms with E-state index in [4.69, 9.17) is 0 Å². The van der Waals surface area contributed by atoms with E-state index in [1.54, 1.807) is 48.5 Å². The number of rotatable bonds is 10. The van der Waals surface area contributed by atoms with E-state index in [-0.39, 0.29) is 39.2 Å². The third-order valence-electron chi connectivity index (χ3n) is 7.68. The zero-order chi connectivity index (χ0) is 34.9. The van der Waals surface area contributed by atoms with Gasteiger partial charge >= 0.3 is 0 Å². The Morgan fingerprint density at radius 2 is 0.429 bits per heavy atom. The Labute approximate surface area is 286 Å². The molecule has 0 amide bonds. The summed E-state index contributed by atoms with van der Waals surface area (Å²) in [4.78, 5) is -1.28. The molecule has 0 radical (unpaired) electrons. The predicted octanol–water partition coefficient (Wildman–Crippen LogP) is 7.35. The molecule has 0 N–H and O–H groups in total. The van der Waals surface area contributed by atoms with E-state index in [1.165, 1.54) is 121 Å². The van der Waals surface area contributed by atoms with Crippen LogP contribution in [0.5, 0.6) is 0 Å². The number of hydrogen-bond donors (Lipinski definition) is 0. The van der Waals surface area contributed by atoms with E-state index in [2.05, 4.69) is 0 Å². The molecule has 0 fully saturated rings. The van der Waals surface area contributed by atoms with Gasteiger partial charge in [0, 0.05) is 17.9 Å². The van der Waals surface area contributed by atoms with Gasteiger partial charge in [0.05, 0.1) is 29.4 Å². The lowest BCUT2D eigenvalue weighted by Crippen LogP contribution is -2.24. The quantitative estimate of drug-likeness (QED) is 0.133. The third-order valence-corrected chi connectivity index (χ3v) is 26.4. The van der Waals surface area contributed by atoms with Gasteiger partial charge in [-0.25, -0.2) is 33.7 Å². The van der Waals surface area contributed by atoms with Crippen LogP contribution in [0.2, 0.25) is 0 Å². The Morgan fingerprint density at radius 1 is 0.224 bits per heavy atom. The van der Waals surface area contributed by atoms with Gasteiger partial charge < -0.3 is 0 Å². The van der Waals surface area contributed by atoms with E-state index >= 15 is 16.8 Å². The Balaban J connectivity index is 1.67. The van der Waals surface area contributed by atoms with Crippen LogP contribution >= 0.6 is 8.09 Å². The molecule has 0 atom stereocenters. The Morgan fingerprint density at radius 3 is 0.694 bits per heavy atom. The predicted molar refractivity (Wildman–Crippen MR) is 188 cm³/mol. The third kappa shape index (κ3) is 5.81. The summed E-state index contributed by atoms with van der Waals surface area (Å²) in [5.74, 6) is 0. The first-order chi connectivity index (χ1) is 23.3. The maximum absolute atomic E-state index is 15.1. The first kappa shape index (κ1) is 34.3. The average molecular weight is 749 g/mol. The second-order valence-corrected chi connectivity index (χ2v) is 25.5. The number of benzene rings is 6. The zero-order valence-corrected chi connectivity index (χ0v) is 29.6. The van der Waals surface area contributed by atoms with Crippen LogP contribution in [0.15, 0.2) is 209 Å². The minimum Gasteiger partial charge on any atom is -0.219 e. The van der Waals surface area contributed by atoms with Crippen molar-refractivity contribution in [2.24, 2.45) is 0 Å². The highest BCUT2D eigenvalue weighted by Gasteiger charge is 2.54. The van der Waals surface area contributed by atoms with Gasteiger partial charge in [0.2, 0.25) is 37.4 Å². The first-order valence-corrected chi connectivity index (χ1v) is 23.2. The van der Waals surface area contributed by atoms with Gasteiger partial charge in [-0.05, 0) is 97.1 Å². The van der Waals surface area contributed by atoms with Crippen molar-refractivity contribution in [3.05, 3.63) is 170 Å². The van der Waals surface area contributed by atoms with Crippen molar-refractivity contribution >= 4 is 45.5 Å².